The van der Waals surface area contributed by atoms with Crippen LogP contribution in [0.4, 0.5) is 0 Å². The van der Waals surface area contributed by atoms with E-state index in [0.29, 0.717) is 6.01 Å². The highest BCUT2D eigenvalue weighted by Gasteiger charge is 2.44. The topological polar surface area (TPSA) is 41.5 Å². The van der Waals surface area contributed by atoms with Gasteiger partial charge in [-0.2, -0.15) is 0 Å². The van der Waals surface area contributed by atoms with Crippen LogP contribution in [-0.2, 0) is 13.0 Å². The first-order valence-corrected chi connectivity index (χ1v) is 11.2. The predicted molar refractivity (Wildman–Crippen MR) is 114 cm³/mol. The van der Waals surface area contributed by atoms with Gasteiger partial charge in [-0.3, -0.25) is 9.80 Å². The normalized spacial score (nSPS) is 30.0. The molecule has 3 aliphatic heterocycles. The molecule has 0 radical (unpaired) electrons. The summed E-state index contributed by atoms with van der Waals surface area (Å²) in [4.78, 5) is 14.1. The van der Waals surface area contributed by atoms with Crippen molar-refractivity contribution < 1.29 is 4.74 Å². The Morgan fingerprint density at radius 2 is 1.83 bits per heavy atom. The van der Waals surface area contributed by atoms with Crippen molar-refractivity contribution in [1.29, 1.82) is 0 Å². The van der Waals surface area contributed by atoms with Crippen LogP contribution < -0.4 is 4.74 Å². The van der Waals surface area contributed by atoms with Crippen molar-refractivity contribution in [3.8, 4) is 6.01 Å². The maximum atomic E-state index is 5.09. The second kappa shape index (κ2) is 8.41. The lowest BCUT2D eigenvalue weighted by atomic mass is 9.74. The molecule has 4 atom stereocenters. The summed E-state index contributed by atoms with van der Waals surface area (Å²) in [5.74, 6) is 1.60. The molecule has 0 N–H and O–H groups in total. The molecule has 0 unspecified atom stereocenters. The lowest BCUT2D eigenvalue weighted by Crippen LogP contribution is -2.61. The fourth-order valence-corrected chi connectivity index (χ4v) is 6.04. The Balaban J connectivity index is 1.25. The Bertz CT molecular complexity index is 796. The minimum absolute atomic E-state index is 0.451. The van der Waals surface area contributed by atoms with E-state index < -0.39 is 0 Å². The molecule has 29 heavy (non-hydrogen) atoms. The Kier molecular flexibility index (Phi) is 5.51. The molecular formula is C24H32N4O. The first-order chi connectivity index (χ1) is 14.3. The number of ether oxygens (including phenoxy) is 1. The number of hydrogen-bond donors (Lipinski definition) is 0. The molecule has 2 aromatic rings. The van der Waals surface area contributed by atoms with Crippen LogP contribution in [-0.4, -0.2) is 58.6 Å². The smallest absolute Gasteiger partial charge is 0.316 e. The van der Waals surface area contributed by atoms with Gasteiger partial charge in [0.1, 0.15) is 0 Å². The van der Waals surface area contributed by atoms with Crippen LogP contribution in [0.25, 0.3) is 0 Å². The molecule has 1 aromatic heterocycles. The number of benzene rings is 1. The van der Waals surface area contributed by atoms with Crippen molar-refractivity contribution in [2.45, 2.75) is 50.7 Å². The van der Waals surface area contributed by atoms with E-state index >= 15 is 0 Å². The summed E-state index contributed by atoms with van der Waals surface area (Å²) in [6.45, 7) is 4.64. The summed E-state index contributed by atoms with van der Waals surface area (Å²) in [7, 11) is 1.61. The van der Waals surface area contributed by atoms with Crippen molar-refractivity contribution in [3.05, 3.63) is 53.9 Å². The van der Waals surface area contributed by atoms with Gasteiger partial charge in [-0.1, -0.05) is 36.8 Å². The number of rotatable bonds is 5. The zero-order chi connectivity index (χ0) is 19.6. The number of fused-ring (bicyclic) bond motifs is 4. The number of hydrogen-bond acceptors (Lipinski definition) is 5. The van der Waals surface area contributed by atoms with Crippen molar-refractivity contribution in [2.75, 3.05) is 26.7 Å². The predicted octanol–water partition coefficient (Wildman–Crippen LogP) is 3.40. The number of aromatic nitrogens is 2. The number of nitrogens with zero attached hydrogens (tertiary/aromatic N) is 4. The third-order valence-electron chi connectivity index (χ3n) is 7.18. The lowest BCUT2D eigenvalue weighted by molar-refractivity contribution is -0.0579. The van der Waals surface area contributed by atoms with Gasteiger partial charge in [0.05, 0.1) is 7.11 Å². The van der Waals surface area contributed by atoms with Gasteiger partial charge in [0.25, 0.3) is 0 Å². The molecule has 5 rings (SSSR count). The first-order valence-electron chi connectivity index (χ1n) is 11.2. The summed E-state index contributed by atoms with van der Waals surface area (Å²) in [5, 5.41) is 0. The van der Waals surface area contributed by atoms with Crippen LogP contribution in [0.15, 0.2) is 42.7 Å². The molecule has 1 aromatic carbocycles. The zero-order valence-electron chi connectivity index (χ0n) is 17.4. The molecule has 2 bridgehead atoms. The van der Waals surface area contributed by atoms with Gasteiger partial charge >= 0.3 is 6.01 Å². The molecule has 5 heteroatoms. The largest absolute Gasteiger partial charge is 0.467 e. The van der Waals surface area contributed by atoms with Crippen molar-refractivity contribution in [2.24, 2.45) is 11.8 Å². The van der Waals surface area contributed by atoms with Gasteiger partial charge in [0, 0.05) is 56.2 Å². The van der Waals surface area contributed by atoms with E-state index in [0.717, 1.165) is 30.5 Å². The third kappa shape index (κ3) is 4.17. The van der Waals surface area contributed by atoms with E-state index in [2.05, 4.69) is 50.1 Å². The number of piperidine rings is 3. The second-order valence-electron chi connectivity index (χ2n) is 9.17. The van der Waals surface area contributed by atoms with Crippen LogP contribution in [0.3, 0.4) is 0 Å². The average Bonchev–Trinajstić information content (AvgIpc) is 2.76. The Labute approximate surface area is 174 Å². The van der Waals surface area contributed by atoms with Gasteiger partial charge in [-0.05, 0) is 43.1 Å². The highest BCUT2D eigenvalue weighted by atomic mass is 16.5. The SMILES string of the molecule is COc1ncc(CN2C[C@@H]3C[C@H](C2)[C@@H]2CCC[C@H](Cc4ccccc4)N2C3)cn1. The molecule has 0 aliphatic carbocycles. The summed E-state index contributed by atoms with van der Waals surface area (Å²) < 4.78 is 5.09. The highest BCUT2D eigenvalue weighted by Crippen LogP contribution is 2.40. The van der Waals surface area contributed by atoms with E-state index in [4.69, 9.17) is 4.74 Å². The molecule has 0 spiro atoms. The van der Waals surface area contributed by atoms with Crippen molar-refractivity contribution >= 4 is 0 Å². The first kappa shape index (κ1) is 19.0. The van der Waals surface area contributed by atoms with E-state index in [9.17, 15) is 0 Å². The average molecular weight is 393 g/mol. The van der Waals surface area contributed by atoms with Crippen molar-refractivity contribution in [1.82, 2.24) is 19.8 Å². The summed E-state index contributed by atoms with van der Waals surface area (Å²) in [5.41, 5.74) is 2.68. The summed E-state index contributed by atoms with van der Waals surface area (Å²) >= 11 is 0. The number of methoxy groups -OCH3 is 1. The minimum atomic E-state index is 0.451. The maximum absolute atomic E-state index is 5.09. The van der Waals surface area contributed by atoms with Gasteiger partial charge < -0.3 is 4.74 Å². The monoisotopic (exact) mass is 392 g/mol. The molecule has 3 fully saturated rings. The van der Waals surface area contributed by atoms with Crippen LogP contribution >= 0.6 is 0 Å². The molecule has 5 nitrogen and oxygen atoms in total. The van der Waals surface area contributed by atoms with Gasteiger partial charge in [-0.15, -0.1) is 0 Å². The molecule has 4 heterocycles. The third-order valence-corrected chi connectivity index (χ3v) is 7.18. The molecule has 0 amide bonds. The fraction of sp³-hybridized carbons (Fsp3) is 0.583. The van der Waals surface area contributed by atoms with E-state index in [1.165, 1.54) is 62.9 Å². The van der Waals surface area contributed by atoms with Crippen LogP contribution in [0.1, 0.15) is 36.8 Å². The molecule has 0 saturated carbocycles. The van der Waals surface area contributed by atoms with E-state index in [1.54, 1.807) is 7.11 Å². The number of likely N-dealkylation sites (tertiary alicyclic amines) is 1. The molecule has 3 saturated heterocycles. The maximum Gasteiger partial charge on any atom is 0.316 e. The zero-order valence-corrected chi connectivity index (χ0v) is 17.4. The van der Waals surface area contributed by atoms with E-state index in [1.807, 2.05) is 12.4 Å². The lowest BCUT2D eigenvalue weighted by Gasteiger charge is -2.55. The van der Waals surface area contributed by atoms with Gasteiger partial charge in [-0.25, -0.2) is 9.97 Å². The van der Waals surface area contributed by atoms with Gasteiger partial charge in [0.2, 0.25) is 0 Å². The summed E-state index contributed by atoms with van der Waals surface area (Å²) in [6.07, 6.45) is 10.6. The Hall–Kier alpha value is -1.98. The van der Waals surface area contributed by atoms with Crippen LogP contribution in [0.5, 0.6) is 6.01 Å². The minimum Gasteiger partial charge on any atom is -0.467 e. The summed E-state index contributed by atoms with van der Waals surface area (Å²) in [6, 6.07) is 13.0. The fourth-order valence-electron chi connectivity index (χ4n) is 6.04. The van der Waals surface area contributed by atoms with Crippen LogP contribution in [0, 0.1) is 11.8 Å². The van der Waals surface area contributed by atoms with Crippen LogP contribution in [0.2, 0.25) is 0 Å². The van der Waals surface area contributed by atoms with Crippen molar-refractivity contribution in [3.63, 3.8) is 0 Å². The Morgan fingerprint density at radius 3 is 2.62 bits per heavy atom. The second-order valence-corrected chi connectivity index (χ2v) is 9.17. The molecular weight excluding hydrogens is 360 g/mol. The Morgan fingerprint density at radius 1 is 1.00 bits per heavy atom. The highest BCUT2D eigenvalue weighted by molar-refractivity contribution is 5.17. The standard InChI is InChI=1S/C24H32N4O/c1-29-24-25-12-20(13-26-24)15-27-14-19-10-21(17-27)23-9-5-8-22(28(23)16-19)11-18-6-3-2-4-7-18/h2-4,6-7,12-13,19,21-23H,5,8-11,14-17H2,1H3/t19-,21+,22+,23-/m0/s1. The van der Waals surface area contributed by atoms with E-state index in [-0.39, 0.29) is 0 Å². The van der Waals surface area contributed by atoms with Gasteiger partial charge in [0.15, 0.2) is 0 Å². The quantitative estimate of drug-likeness (QED) is 0.780. The molecule has 154 valence electrons. The molecule has 3 aliphatic rings.